The zero-order valence-corrected chi connectivity index (χ0v) is 16.2. The fourth-order valence-corrected chi connectivity index (χ4v) is 3.47. The van der Waals surface area contributed by atoms with Crippen LogP contribution in [-0.4, -0.2) is 112 Å². The Hall–Kier alpha value is -0.250. The minimum atomic E-state index is -3.89. The summed E-state index contributed by atoms with van der Waals surface area (Å²) in [5, 5.41) is 10.2. The number of nitrogens with zero attached hydrogens (tertiary/aromatic N) is 3. The van der Waals surface area contributed by atoms with Gasteiger partial charge in [0, 0.05) is 26.1 Å². The van der Waals surface area contributed by atoms with E-state index in [1.54, 1.807) is 0 Å². The summed E-state index contributed by atoms with van der Waals surface area (Å²) < 4.78 is 31.1. The molecule has 2 N–H and O–H groups in total. The van der Waals surface area contributed by atoms with Gasteiger partial charge in [0.2, 0.25) is 0 Å². The second kappa shape index (κ2) is 10.6. The smallest absolute Gasteiger partial charge is 0.266 e. The molecule has 0 heterocycles. The Kier molecular flexibility index (Phi) is 10.5. The Morgan fingerprint density at radius 2 is 1.74 bits per heavy atom. The number of hydrogen-bond donors (Lipinski definition) is 2. The van der Waals surface area contributed by atoms with Crippen LogP contribution >= 0.6 is 0 Å². The van der Waals surface area contributed by atoms with E-state index in [2.05, 4.69) is 14.0 Å². The molecule has 2 atom stereocenters. The SMILES string of the molecule is CCC[N+](C)(CCCN(C)CCS(=O)(=O)O)CC(O)CN(C)C. The molecule has 0 aliphatic carbocycles. The van der Waals surface area contributed by atoms with Crippen molar-refractivity contribution in [2.24, 2.45) is 0 Å². The van der Waals surface area contributed by atoms with E-state index in [0.29, 0.717) is 13.1 Å². The van der Waals surface area contributed by atoms with E-state index in [1.165, 1.54) is 0 Å². The molecule has 0 aliphatic heterocycles. The first-order valence-corrected chi connectivity index (χ1v) is 9.88. The van der Waals surface area contributed by atoms with Crippen molar-refractivity contribution in [1.82, 2.24) is 9.80 Å². The Morgan fingerprint density at radius 3 is 2.22 bits per heavy atom. The van der Waals surface area contributed by atoms with E-state index < -0.39 is 10.1 Å². The highest BCUT2D eigenvalue weighted by Gasteiger charge is 2.25. The van der Waals surface area contributed by atoms with Crippen LogP contribution in [0.3, 0.4) is 0 Å². The summed E-state index contributed by atoms with van der Waals surface area (Å²) >= 11 is 0. The van der Waals surface area contributed by atoms with Crippen molar-refractivity contribution in [3.8, 4) is 0 Å². The number of quaternary nitrogens is 1. The molecule has 0 bridgehead atoms. The summed E-state index contributed by atoms with van der Waals surface area (Å²) in [6.07, 6.45) is 1.63. The van der Waals surface area contributed by atoms with Crippen LogP contribution in [0.1, 0.15) is 19.8 Å². The molecule has 0 aromatic heterocycles. The Bertz CT molecular complexity index is 417. The van der Waals surface area contributed by atoms with Gasteiger partial charge in [-0.25, -0.2) is 0 Å². The van der Waals surface area contributed by atoms with Gasteiger partial charge in [0.1, 0.15) is 12.6 Å². The zero-order chi connectivity index (χ0) is 18.1. The van der Waals surface area contributed by atoms with Crippen molar-refractivity contribution >= 4 is 10.1 Å². The molecule has 8 heteroatoms. The lowest BCUT2D eigenvalue weighted by Gasteiger charge is -2.37. The Morgan fingerprint density at radius 1 is 1.13 bits per heavy atom. The van der Waals surface area contributed by atoms with E-state index in [9.17, 15) is 13.5 Å². The fraction of sp³-hybridized carbons (Fsp3) is 1.00. The van der Waals surface area contributed by atoms with Crippen molar-refractivity contribution in [1.29, 1.82) is 0 Å². The van der Waals surface area contributed by atoms with Crippen LogP contribution in [0.2, 0.25) is 0 Å². The maximum absolute atomic E-state index is 10.8. The number of aliphatic hydroxyl groups excluding tert-OH is 1. The number of aliphatic hydroxyl groups is 1. The molecule has 0 radical (unpaired) electrons. The average molecular weight is 355 g/mol. The van der Waals surface area contributed by atoms with Gasteiger partial charge in [-0.2, -0.15) is 8.42 Å². The maximum Gasteiger partial charge on any atom is 0.266 e. The minimum absolute atomic E-state index is 0.230. The van der Waals surface area contributed by atoms with Crippen LogP contribution < -0.4 is 0 Å². The standard InChI is InChI=1S/C15H35N3O4S/c1-6-10-18(5,14-15(19)13-16(2)3)11-7-8-17(4)9-12-23(20,21)22/h15,19H,6-14H2,1-5H3/p+1. The number of hydrogen-bond acceptors (Lipinski definition) is 5. The molecule has 0 saturated carbocycles. The first-order valence-electron chi connectivity index (χ1n) is 8.27. The second-order valence-corrected chi connectivity index (χ2v) is 8.68. The molecule has 0 aromatic carbocycles. The van der Waals surface area contributed by atoms with Crippen LogP contribution in [-0.2, 0) is 10.1 Å². The van der Waals surface area contributed by atoms with E-state index in [1.807, 2.05) is 30.9 Å². The molecule has 7 nitrogen and oxygen atoms in total. The first-order chi connectivity index (χ1) is 10.5. The predicted octanol–water partition coefficient (Wildman–Crippen LogP) is -0.0248. The molecule has 23 heavy (non-hydrogen) atoms. The van der Waals surface area contributed by atoms with Crippen molar-refractivity contribution in [3.63, 3.8) is 0 Å². The van der Waals surface area contributed by atoms with Gasteiger partial charge in [0.05, 0.1) is 25.9 Å². The average Bonchev–Trinajstić information content (AvgIpc) is 2.34. The maximum atomic E-state index is 10.8. The Balaban J connectivity index is 4.30. The summed E-state index contributed by atoms with van der Waals surface area (Å²) in [6, 6.07) is 0. The van der Waals surface area contributed by atoms with Crippen LogP contribution in [0.4, 0.5) is 0 Å². The lowest BCUT2D eigenvalue weighted by molar-refractivity contribution is -0.912. The van der Waals surface area contributed by atoms with Crippen molar-refractivity contribution in [2.75, 3.05) is 73.2 Å². The molecular weight excluding hydrogens is 318 g/mol. The molecule has 0 fully saturated rings. The van der Waals surface area contributed by atoms with Gasteiger partial charge in [0.15, 0.2) is 0 Å². The summed E-state index contributed by atoms with van der Waals surface area (Å²) in [4.78, 5) is 3.91. The third-order valence-electron chi connectivity index (χ3n) is 3.96. The van der Waals surface area contributed by atoms with Crippen LogP contribution in [0.15, 0.2) is 0 Å². The normalized spacial score (nSPS) is 16.7. The molecular formula is C15H36N3O4S+. The highest BCUT2D eigenvalue weighted by Crippen LogP contribution is 2.09. The van der Waals surface area contributed by atoms with Crippen molar-refractivity contribution < 1.29 is 22.6 Å². The van der Waals surface area contributed by atoms with Gasteiger partial charge in [-0.3, -0.25) is 4.55 Å². The molecule has 2 unspecified atom stereocenters. The lowest BCUT2D eigenvalue weighted by atomic mass is 10.2. The zero-order valence-electron chi connectivity index (χ0n) is 15.4. The second-order valence-electron chi connectivity index (χ2n) is 7.11. The molecule has 0 spiro atoms. The predicted molar refractivity (Wildman–Crippen MR) is 94.2 cm³/mol. The molecule has 140 valence electrons. The highest BCUT2D eigenvalue weighted by molar-refractivity contribution is 7.85. The van der Waals surface area contributed by atoms with Gasteiger partial charge in [-0.15, -0.1) is 0 Å². The monoisotopic (exact) mass is 354 g/mol. The van der Waals surface area contributed by atoms with Gasteiger partial charge in [-0.05, 0) is 27.6 Å². The summed E-state index contributed by atoms with van der Waals surface area (Å²) in [5.41, 5.74) is 0. The molecule has 0 saturated heterocycles. The number of likely N-dealkylation sites (N-methyl/N-ethyl adjacent to an activating group) is 2. The largest absolute Gasteiger partial charge is 0.386 e. The van der Waals surface area contributed by atoms with Gasteiger partial charge >= 0.3 is 0 Å². The van der Waals surface area contributed by atoms with E-state index in [4.69, 9.17) is 4.55 Å². The van der Waals surface area contributed by atoms with Crippen LogP contribution in [0.25, 0.3) is 0 Å². The molecule has 0 aromatic rings. The Labute approximate surface area is 142 Å². The van der Waals surface area contributed by atoms with Crippen LogP contribution in [0, 0.1) is 0 Å². The quantitative estimate of drug-likeness (QED) is 0.357. The minimum Gasteiger partial charge on any atom is -0.386 e. The third kappa shape index (κ3) is 12.8. The first kappa shape index (κ1) is 22.8. The van der Waals surface area contributed by atoms with E-state index >= 15 is 0 Å². The van der Waals surface area contributed by atoms with Gasteiger partial charge in [0.25, 0.3) is 10.1 Å². The summed E-state index contributed by atoms with van der Waals surface area (Å²) in [7, 11) is 4.04. The summed E-state index contributed by atoms with van der Waals surface area (Å²) in [6.45, 7) is 6.59. The van der Waals surface area contributed by atoms with E-state index in [0.717, 1.165) is 43.5 Å². The summed E-state index contributed by atoms with van der Waals surface area (Å²) in [5.74, 6) is -0.230. The molecule has 0 rings (SSSR count). The molecule has 0 amide bonds. The van der Waals surface area contributed by atoms with Crippen LogP contribution in [0.5, 0.6) is 0 Å². The van der Waals surface area contributed by atoms with Gasteiger partial charge in [-0.1, -0.05) is 6.92 Å². The third-order valence-corrected chi connectivity index (χ3v) is 4.66. The van der Waals surface area contributed by atoms with E-state index in [-0.39, 0.29) is 11.9 Å². The fourth-order valence-electron chi connectivity index (χ4n) is 2.93. The highest BCUT2D eigenvalue weighted by atomic mass is 32.2. The number of rotatable bonds is 13. The van der Waals surface area contributed by atoms with Gasteiger partial charge < -0.3 is 19.4 Å². The molecule has 0 aliphatic rings. The lowest BCUT2D eigenvalue weighted by Crippen LogP contribution is -2.52. The van der Waals surface area contributed by atoms with Crippen molar-refractivity contribution in [3.05, 3.63) is 0 Å². The van der Waals surface area contributed by atoms with Crippen molar-refractivity contribution in [2.45, 2.75) is 25.9 Å². The topological polar surface area (TPSA) is 81.1 Å².